The van der Waals surface area contributed by atoms with E-state index in [2.05, 4.69) is 28.9 Å². The Morgan fingerprint density at radius 1 is 1.09 bits per heavy atom. The summed E-state index contributed by atoms with van der Waals surface area (Å²) in [6, 6.07) is 17.8. The number of benzene rings is 2. The number of likely N-dealkylation sites (tertiary alicyclic amines) is 1. The van der Waals surface area contributed by atoms with Gasteiger partial charge in [-0.05, 0) is 63.1 Å². The van der Waals surface area contributed by atoms with Crippen LogP contribution in [0.15, 0.2) is 54.6 Å². The summed E-state index contributed by atoms with van der Waals surface area (Å²) in [5.41, 5.74) is 5.44. The molecule has 1 aromatic heterocycles. The average molecular weight is 446 g/mol. The normalized spacial score (nSPS) is 16.7. The maximum atomic E-state index is 13.1. The minimum absolute atomic E-state index is 0.00474. The molecule has 1 saturated heterocycles. The zero-order chi connectivity index (χ0) is 23.7. The zero-order valence-electron chi connectivity index (χ0n) is 19.9. The van der Waals surface area contributed by atoms with Crippen LogP contribution in [0.4, 0.5) is 5.69 Å². The number of carbonyl (C=O) groups excluding carboxylic acids is 2. The topological polar surface area (TPSA) is 63.6 Å². The lowest BCUT2D eigenvalue weighted by Gasteiger charge is -2.19. The molecule has 1 fully saturated rings. The molecule has 172 valence electrons. The molecule has 0 radical (unpaired) electrons. The van der Waals surface area contributed by atoms with E-state index < -0.39 is 6.10 Å². The monoisotopic (exact) mass is 445 g/mol. The molecule has 33 heavy (non-hydrogen) atoms. The molecule has 6 nitrogen and oxygen atoms in total. The molecule has 2 heterocycles. The summed E-state index contributed by atoms with van der Waals surface area (Å²) in [5.74, 6) is 0.498. The summed E-state index contributed by atoms with van der Waals surface area (Å²) in [6.45, 7) is 8.79. The van der Waals surface area contributed by atoms with Gasteiger partial charge in [0.2, 0.25) is 0 Å². The molecule has 2 atom stereocenters. The smallest absolute Gasteiger partial charge is 0.263 e. The number of aryl methyl sites for hydroxylation is 2. The molecule has 0 bridgehead atoms. The maximum absolute atomic E-state index is 13.1. The van der Waals surface area contributed by atoms with Crippen molar-refractivity contribution in [3.63, 3.8) is 0 Å². The van der Waals surface area contributed by atoms with E-state index in [0.717, 1.165) is 22.6 Å². The zero-order valence-corrected chi connectivity index (χ0v) is 19.9. The van der Waals surface area contributed by atoms with E-state index in [0.29, 0.717) is 24.3 Å². The minimum atomic E-state index is -0.438. The van der Waals surface area contributed by atoms with Gasteiger partial charge in [0, 0.05) is 37.1 Å². The number of rotatable bonds is 6. The average Bonchev–Trinajstić information content (AvgIpc) is 3.28. The predicted octanol–water partition coefficient (Wildman–Crippen LogP) is 4.88. The summed E-state index contributed by atoms with van der Waals surface area (Å²) >= 11 is 0. The van der Waals surface area contributed by atoms with Crippen LogP contribution in [0.2, 0.25) is 0 Å². The van der Waals surface area contributed by atoms with Gasteiger partial charge in [0.05, 0.1) is 11.6 Å². The standard InChI is InChI=1S/C27H31N3O3/c1-17-15-22(33-25-13-14-29(5)27(25)32)11-12-24(17)28-26(31)23-16-18(2)30(20(23)4)19(3)21-9-7-6-8-10-21/h6-12,15-16,19,25H,13-14H2,1-5H3,(H,28,31)/t19-,25+/m0/s1. The van der Waals surface area contributed by atoms with Crippen LogP contribution in [-0.2, 0) is 4.79 Å². The third-order valence-electron chi connectivity index (χ3n) is 6.50. The molecule has 6 heteroatoms. The highest BCUT2D eigenvalue weighted by atomic mass is 16.5. The summed E-state index contributed by atoms with van der Waals surface area (Å²) in [5, 5.41) is 3.04. The molecular formula is C27H31N3O3. The van der Waals surface area contributed by atoms with Crippen molar-refractivity contribution in [3.8, 4) is 5.75 Å². The van der Waals surface area contributed by atoms with Crippen LogP contribution in [0.3, 0.4) is 0 Å². The van der Waals surface area contributed by atoms with Gasteiger partial charge in [0.25, 0.3) is 11.8 Å². The molecule has 2 aromatic carbocycles. The lowest BCUT2D eigenvalue weighted by Crippen LogP contribution is -2.29. The van der Waals surface area contributed by atoms with Crippen molar-refractivity contribution in [2.45, 2.75) is 46.3 Å². The van der Waals surface area contributed by atoms with Crippen LogP contribution >= 0.6 is 0 Å². The third-order valence-corrected chi connectivity index (χ3v) is 6.50. The molecule has 3 aromatic rings. The number of aromatic nitrogens is 1. The van der Waals surface area contributed by atoms with E-state index in [9.17, 15) is 9.59 Å². The predicted molar refractivity (Wildman–Crippen MR) is 130 cm³/mol. The quantitative estimate of drug-likeness (QED) is 0.588. The molecule has 0 spiro atoms. The van der Waals surface area contributed by atoms with E-state index in [4.69, 9.17) is 4.74 Å². The van der Waals surface area contributed by atoms with Gasteiger partial charge in [0.1, 0.15) is 5.75 Å². The number of amides is 2. The molecule has 1 aliphatic rings. The highest BCUT2D eigenvalue weighted by Gasteiger charge is 2.30. The van der Waals surface area contributed by atoms with E-state index in [-0.39, 0.29) is 17.9 Å². The number of anilines is 1. The Labute approximate surface area is 195 Å². The maximum Gasteiger partial charge on any atom is 0.263 e. The van der Waals surface area contributed by atoms with Crippen LogP contribution < -0.4 is 10.1 Å². The van der Waals surface area contributed by atoms with Crippen LogP contribution in [0.5, 0.6) is 5.75 Å². The first-order chi connectivity index (χ1) is 15.8. The Bertz CT molecular complexity index is 1180. The van der Waals surface area contributed by atoms with Crippen LogP contribution in [0.25, 0.3) is 0 Å². The summed E-state index contributed by atoms with van der Waals surface area (Å²) in [7, 11) is 1.78. The summed E-state index contributed by atoms with van der Waals surface area (Å²) in [6.07, 6.45) is 0.246. The fourth-order valence-corrected chi connectivity index (χ4v) is 4.59. The molecule has 1 aliphatic heterocycles. The third kappa shape index (κ3) is 4.51. The number of hydrogen-bond acceptors (Lipinski definition) is 3. The Morgan fingerprint density at radius 2 is 1.82 bits per heavy atom. The van der Waals surface area contributed by atoms with Gasteiger partial charge in [-0.1, -0.05) is 30.3 Å². The molecule has 0 aliphatic carbocycles. The molecule has 0 saturated carbocycles. The molecule has 2 amide bonds. The van der Waals surface area contributed by atoms with Crippen molar-refractivity contribution >= 4 is 17.5 Å². The lowest BCUT2D eigenvalue weighted by molar-refractivity contribution is -0.132. The second-order valence-corrected chi connectivity index (χ2v) is 8.83. The first kappa shape index (κ1) is 22.6. The van der Waals surface area contributed by atoms with E-state index in [1.807, 2.05) is 57.2 Å². The molecule has 1 N–H and O–H groups in total. The highest BCUT2D eigenvalue weighted by molar-refractivity contribution is 6.05. The van der Waals surface area contributed by atoms with Gasteiger partial charge in [-0.2, -0.15) is 0 Å². The summed E-state index contributed by atoms with van der Waals surface area (Å²) < 4.78 is 8.08. The van der Waals surface area contributed by atoms with Gasteiger partial charge in [-0.15, -0.1) is 0 Å². The molecule has 4 rings (SSSR count). The Morgan fingerprint density at radius 3 is 2.45 bits per heavy atom. The number of ether oxygens (including phenoxy) is 1. The van der Waals surface area contributed by atoms with Crippen LogP contribution in [-0.4, -0.2) is 41.0 Å². The number of nitrogens with zero attached hydrogens (tertiary/aromatic N) is 2. The van der Waals surface area contributed by atoms with Crippen LogP contribution in [0, 0.1) is 20.8 Å². The Kier molecular flexibility index (Phi) is 6.27. The summed E-state index contributed by atoms with van der Waals surface area (Å²) in [4.78, 5) is 26.9. The first-order valence-electron chi connectivity index (χ1n) is 11.3. The van der Waals surface area contributed by atoms with Crippen molar-refractivity contribution in [2.75, 3.05) is 18.9 Å². The van der Waals surface area contributed by atoms with Crippen molar-refractivity contribution in [2.24, 2.45) is 0 Å². The largest absolute Gasteiger partial charge is 0.481 e. The van der Waals surface area contributed by atoms with E-state index in [1.54, 1.807) is 18.0 Å². The van der Waals surface area contributed by atoms with Gasteiger partial charge < -0.3 is 19.5 Å². The SMILES string of the molecule is Cc1cc(O[C@@H]2CCN(C)C2=O)ccc1NC(=O)c1cc(C)n([C@@H](C)c2ccccc2)c1C. The number of likely N-dealkylation sites (N-methyl/N-ethyl adjacent to an activating group) is 1. The Hall–Kier alpha value is -3.54. The second-order valence-electron chi connectivity index (χ2n) is 8.83. The van der Waals surface area contributed by atoms with Gasteiger partial charge in [0.15, 0.2) is 6.10 Å². The number of carbonyl (C=O) groups is 2. The van der Waals surface area contributed by atoms with Gasteiger partial charge in [-0.3, -0.25) is 9.59 Å². The van der Waals surface area contributed by atoms with Crippen molar-refractivity contribution in [3.05, 3.63) is 82.7 Å². The minimum Gasteiger partial charge on any atom is -0.481 e. The molecular weight excluding hydrogens is 414 g/mol. The molecule has 0 unspecified atom stereocenters. The van der Waals surface area contributed by atoms with Gasteiger partial charge >= 0.3 is 0 Å². The highest BCUT2D eigenvalue weighted by Crippen LogP contribution is 2.28. The fourth-order valence-electron chi connectivity index (χ4n) is 4.59. The second kappa shape index (κ2) is 9.14. The van der Waals surface area contributed by atoms with Crippen molar-refractivity contribution in [1.82, 2.24) is 9.47 Å². The number of hydrogen-bond donors (Lipinski definition) is 1. The van der Waals surface area contributed by atoms with E-state index >= 15 is 0 Å². The van der Waals surface area contributed by atoms with Crippen molar-refractivity contribution < 1.29 is 14.3 Å². The first-order valence-corrected chi connectivity index (χ1v) is 11.3. The fraction of sp³-hybridized carbons (Fsp3) is 0.333. The Balaban J connectivity index is 1.50. The van der Waals surface area contributed by atoms with Crippen molar-refractivity contribution in [1.29, 1.82) is 0 Å². The number of nitrogens with one attached hydrogen (secondary N) is 1. The van der Waals surface area contributed by atoms with Gasteiger partial charge in [-0.25, -0.2) is 0 Å². The lowest BCUT2D eigenvalue weighted by atomic mass is 10.1. The van der Waals surface area contributed by atoms with Crippen LogP contribution in [0.1, 0.15) is 52.3 Å². The van der Waals surface area contributed by atoms with E-state index in [1.165, 1.54) is 5.56 Å².